The Bertz CT molecular complexity index is 562. The van der Waals surface area contributed by atoms with Crippen LogP contribution in [0.5, 0.6) is 0 Å². The van der Waals surface area contributed by atoms with Gasteiger partial charge in [-0.1, -0.05) is 18.1 Å². The van der Waals surface area contributed by atoms with Crippen molar-refractivity contribution in [1.29, 1.82) is 0 Å². The van der Waals surface area contributed by atoms with Gasteiger partial charge in [0.05, 0.1) is 12.2 Å². The van der Waals surface area contributed by atoms with Gasteiger partial charge in [-0.05, 0) is 47.6 Å². The Morgan fingerprint density at radius 2 is 2.10 bits per heavy atom. The average molecular weight is 421 g/mol. The third-order valence-corrected chi connectivity index (χ3v) is 3.40. The predicted octanol–water partition coefficient (Wildman–Crippen LogP) is 3.01. The van der Waals surface area contributed by atoms with Gasteiger partial charge in [0, 0.05) is 15.9 Å². The van der Waals surface area contributed by atoms with Crippen LogP contribution >= 0.6 is 34.2 Å². The quantitative estimate of drug-likeness (QED) is 0.318. The fourth-order valence-electron chi connectivity index (χ4n) is 1.36. The second-order valence-electron chi connectivity index (χ2n) is 3.78. The van der Waals surface area contributed by atoms with Crippen LogP contribution in [0.2, 0.25) is 0 Å². The third-order valence-electron chi connectivity index (χ3n) is 2.27. The van der Waals surface area contributed by atoms with E-state index in [9.17, 15) is 9.59 Å². The maximum Gasteiger partial charge on any atom is 0.360 e. The maximum atomic E-state index is 12.1. The molecule has 0 saturated heterocycles. The van der Waals surface area contributed by atoms with Crippen LogP contribution in [0, 0.1) is 15.4 Å². The van der Waals surface area contributed by atoms with Gasteiger partial charge in [0.2, 0.25) is 0 Å². The summed E-state index contributed by atoms with van der Waals surface area (Å²) < 4.78 is 10.7. The third kappa shape index (κ3) is 5.94. The molecule has 0 aliphatic heterocycles. The number of hydrogen-bond acceptors (Lipinski definition) is 4. The molecule has 1 rings (SSSR count). The van der Waals surface area contributed by atoms with Gasteiger partial charge >= 0.3 is 11.9 Å². The molecule has 1 unspecified atom stereocenters. The molecule has 0 aromatic heterocycles. The minimum atomic E-state index is -1.24. The van der Waals surface area contributed by atoms with Crippen LogP contribution in [0.4, 0.5) is 0 Å². The van der Waals surface area contributed by atoms with Crippen molar-refractivity contribution in [2.24, 2.45) is 0 Å². The van der Waals surface area contributed by atoms with Crippen LogP contribution in [0.15, 0.2) is 24.3 Å². The van der Waals surface area contributed by atoms with E-state index in [4.69, 9.17) is 21.1 Å². The Morgan fingerprint density at radius 3 is 2.71 bits per heavy atom. The molecule has 0 aliphatic carbocycles. The minimum absolute atomic E-state index is 0.187. The van der Waals surface area contributed by atoms with Gasteiger partial charge in [-0.2, -0.15) is 0 Å². The smallest absolute Gasteiger partial charge is 0.360 e. The summed E-state index contributed by atoms with van der Waals surface area (Å²) >= 11 is 7.54. The number of halogens is 2. The molecule has 0 radical (unpaired) electrons. The van der Waals surface area contributed by atoms with Gasteiger partial charge in [-0.15, -0.1) is 11.6 Å². The number of benzene rings is 1. The molecule has 0 heterocycles. The average Bonchev–Trinajstić information content (AvgIpc) is 2.47. The SMILES string of the molecule is CCOC(=O)C(C#CCCCl)OC(=O)c1ccccc1I. The summed E-state index contributed by atoms with van der Waals surface area (Å²) in [5.74, 6) is 4.30. The number of alkyl halides is 1. The van der Waals surface area contributed by atoms with Crippen molar-refractivity contribution < 1.29 is 19.1 Å². The maximum absolute atomic E-state index is 12.1. The summed E-state index contributed by atoms with van der Waals surface area (Å²) in [7, 11) is 0. The summed E-state index contributed by atoms with van der Waals surface area (Å²) in [6.45, 7) is 1.86. The number of rotatable bonds is 5. The first-order valence-corrected chi connectivity index (χ1v) is 7.88. The Hall–Kier alpha value is -1.26. The van der Waals surface area contributed by atoms with E-state index in [0.717, 1.165) is 3.57 Å². The highest BCUT2D eigenvalue weighted by molar-refractivity contribution is 14.1. The van der Waals surface area contributed by atoms with Crippen molar-refractivity contribution in [3.8, 4) is 11.8 Å². The summed E-state index contributed by atoms with van der Waals surface area (Å²) in [6, 6.07) is 6.92. The van der Waals surface area contributed by atoms with E-state index in [1.165, 1.54) is 0 Å². The largest absolute Gasteiger partial charge is 0.462 e. The first-order valence-electron chi connectivity index (χ1n) is 6.26. The second kappa shape index (κ2) is 9.64. The van der Waals surface area contributed by atoms with Gasteiger partial charge in [-0.25, -0.2) is 9.59 Å². The molecular weight excluding hydrogens is 407 g/mol. The Balaban J connectivity index is 2.86. The molecule has 0 aliphatic rings. The van der Waals surface area contributed by atoms with Crippen molar-refractivity contribution in [3.05, 3.63) is 33.4 Å². The van der Waals surface area contributed by atoms with Gasteiger partial charge in [0.1, 0.15) is 0 Å². The van der Waals surface area contributed by atoms with Crippen molar-refractivity contribution in [2.75, 3.05) is 12.5 Å². The highest BCUT2D eigenvalue weighted by atomic mass is 127. The van der Waals surface area contributed by atoms with Crippen LogP contribution in [0.25, 0.3) is 0 Å². The molecule has 1 atom stereocenters. The lowest BCUT2D eigenvalue weighted by molar-refractivity contribution is -0.150. The minimum Gasteiger partial charge on any atom is -0.462 e. The molecular formula is C15H14ClIO4. The lowest BCUT2D eigenvalue weighted by Gasteiger charge is -2.12. The highest BCUT2D eigenvalue weighted by Crippen LogP contribution is 2.13. The van der Waals surface area contributed by atoms with Crippen LogP contribution in [-0.4, -0.2) is 30.5 Å². The molecule has 0 N–H and O–H groups in total. The van der Waals surface area contributed by atoms with E-state index in [-0.39, 0.29) is 6.61 Å². The van der Waals surface area contributed by atoms with E-state index in [0.29, 0.717) is 17.9 Å². The zero-order valence-corrected chi connectivity index (χ0v) is 14.3. The highest BCUT2D eigenvalue weighted by Gasteiger charge is 2.23. The zero-order valence-electron chi connectivity index (χ0n) is 11.4. The van der Waals surface area contributed by atoms with Gasteiger partial charge in [0.15, 0.2) is 0 Å². The van der Waals surface area contributed by atoms with Gasteiger partial charge in [-0.3, -0.25) is 0 Å². The fourth-order valence-corrected chi connectivity index (χ4v) is 2.07. The van der Waals surface area contributed by atoms with E-state index < -0.39 is 18.0 Å². The molecule has 112 valence electrons. The molecule has 6 heteroatoms. The van der Waals surface area contributed by atoms with E-state index in [2.05, 4.69) is 11.8 Å². The number of esters is 2. The first kappa shape index (κ1) is 17.8. The summed E-state index contributed by atoms with van der Waals surface area (Å²) in [6.07, 6.45) is -0.839. The number of ether oxygens (including phenoxy) is 2. The van der Waals surface area contributed by atoms with Crippen molar-refractivity contribution >= 4 is 46.1 Å². The summed E-state index contributed by atoms with van der Waals surface area (Å²) in [4.78, 5) is 23.8. The molecule has 0 bridgehead atoms. The number of carbonyl (C=O) groups is 2. The first-order chi connectivity index (χ1) is 10.1. The van der Waals surface area contributed by atoms with E-state index in [1.807, 2.05) is 28.7 Å². The van der Waals surface area contributed by atoms with Crippen LogP contribution in [0.1, 0.15) is 23.7 Å². The molecule has 0 spiro atoms. The fraction of sp³-hybridized carbons (Fsp3) is 0.333. The van der Waals surface area contributed by atoms with Crippen LogP contribution in [-0.2, 0) is 14.3 Å². The molecule has 0 amide bonds. The second-order valence-corrected chi connectivity index (χ2v) is 5.32. The molecule has 0 fully saturated rings. The lowest BCUT2D eigenvalue weighted by atomic mass is 10.2. The molecule has 0 saturated carbocycles. The Labute approximate surface area is 142 Å². The molecule has 1 aromatic rings. The van der Waals surface area contributed by atoms with E-state index in [1.54, 1.807) is 25.1 Å². The molecule has 4 nitrogen and oxygen atoms in total. The van der Waals surface area contributed by atoms with Crippen LogP contribution < -0.4 is 0 Å². The Morgan fingerprint density at radius 1 is 1.38 bits per heavy atom. The topological polar surface area (TPSA) is 52.6 Å². The van der Waals surface area contributed by atoms with Crippen LogP contribution in [0.3, 0.4) is 0 Å². The van der Waals surface area contributed by atoms with Gasteiger partial charge in [0.25, 0.3) is 6.10 Å². The standard InChI is InChI=1S/C15H14ClIO4/c1-2-20-15(19)13(9-5-6-10-16)21-14(18)11-7-3-4-8-12(11)17/h3-4,7-8,13H,2,6,10H2,1H3. The predicted molar refractivity (Wildman–Crippen MR) is 88.1 cm³/mol. The normalized spacial score (nSPS) is 11.0. The van der Waals surface area contributed by atoms with Crippen molar-refractivity contribution in [2.45, 2.75) is 19.4 Å². The molecule has 1 aromatic carbocycles. The number of hydrogen-bond donors (Lipinski definition) is 0. The Kier molecular flexibility index (Phi) is 8.16. The molecule has 21 heavy (non-hydrogen) atoms. The lowest BCUT2D eigenvalue weighted by Crippen LogP contribution is -2.28. The van der Waals surface area contributed by atoms with Gasteiger partial charge < -0.3 is 9.47 Å². The number of carbonyl (C=O) groups excluding carboxylic acids is 2. The van der Waals surface area contributed by atoms with Crippen molar-refractivity contribution in [3.63, 3.8) is 0 Å². The zero-order chi connectivity index (χ0) is 15.7. The summed E-state index contributed by atoms with van der Waals surface area (Å²) in [5.41, 5.74) is 0.381. The van der Waals surface area contributed by atoms with Crippen molar-refractivity contribution in [1.82, 2.24) is 0 Å². The van der Waals surface area contributed by atoms with E-state index >= 15 is 0 Å². The monoisotopic (exact) mass is 420 g/mol. The summed E-state index contributed by atoms with van der Waals surface area (Å²) in [5, 5.41) is 0.